The third-order valence-corrected chi connectivity index (χ3v) is 3.22. The van der Waals surface area contributed by atoms with Gasteiger partial charge in [0.1, 0.15) is 0 Å². The van der Waals surface area contributed by atoms with Crippen LogP contribution in [0, 0.1) is 6.92 Å². The fraction of sp³-hybridized carbons (Fsp3) is 0.286. The van der Waals surface area contributed by atoms with Gasteiger partial charge in [-0.3, -0.25) is 9.48 Å². The number of carbonyl (C=O) groups excluding carboxylic acids is 1. The van der Waals surface area contributed by atoms with Crippen molar-refractivity contribution in [2.24, 2.45) is 0 Å². The summed E-state index contributed by atoms with van der Waals surface area (Å²) >= 11 is 6.13. The molecule has 0 atom stereocenters. The Hall–Kier alpha value is -1.81. The van der Waals surface area contributed by atoms with Crippen LogP contribution in [0.15, 0.2) is 30.3 Å². The summed E-state index contributed by atoms with van der Waals surface area (Å²) in [5.41, 5.74) is 1.98. The number of hydrogen-bond donors (Lipinski definition) is 1. The van der Waals surface area contributed by atoms with Gasteiger partial charge in [0.15, 0.2) is 5.82 Å². The quantitative estimate of drug-likeness (QED) is 0.932. The standard InChI is InChI=1S/C14H16ClN3O/c1-3-14(19)16-13-8-10(2)18(17-13)9-11-6-4-5-7-12(11)15/h4-8H,3,9H2,1-2H3,(H,16,17,19). The molecule has 0 bridgehead atoms. The summed E-state index contributed by atoms with van der Waals surface area (Å²) in [6.45, 7) is 4.35. The second kappa shape index (κ2) is 5.89. The van der Waals surface area contributed by atoms with Gasteiger partial charge in [-0.1, -0.05) is 36.7 Å². The fourth-order valence-electron chi connectivity index (χ4n) is 1.75. The summed E-state index contributed by atoms with van der Waals surface area (Å²) in [4.78, 5) is 11.3. The Kier molecular flexibility index (Phi) is 4.22. The van der Waals surface area contributed by atoms with Crippen LogP contribution in [-0.2, 0) is 11.3 Å². The average Bonchev–Trinajstić information content (AvgIpc) is 2.72. The van der Waals surface area contributed by atoms with E-state index in [1.54, 1.807) is 0 Å². The molecule has 1 heterocycles. The molecule has 0 spiro atoms. The van der Waals surface area contributed by atoms with Crippen LogP contribution in [0.5, 0.6) is 0 Å². The van der Waals surface area contributed by atoms with E-state index in [0.717, 1.165) is 16.3 Å². The molecule has 0 unspecified atom stereocenters. The monoisotopic (exact) mass is 277 g/mol. The first-order valence-corrected chi connectivity index (χ1v) is 6.55. The number of rotatable bonds is 4. The highest BCUT2D eigenvalue weighted by Gasteiger charge is 2.08. The van der Waals surface area contributed by atoms with Crippen LogP contribution in [0.25, 0.3) is 0 Å². The van der Waals surface area contributed by atoms with Crippen molar-refractivity contribution in [1.82, 2.24) is 9.78 Å². The van der Waals surface area contributed by atoms with Crippen molar-refractivity contribution in [2.45, 2.75) is 26.8 Å². The molecule has 0 saturated carbocycles. The van der Waals surface area contributed by atoms with Crippen LogP contribution < -0.4 is 5.32 Å². The van der Waals surface area contributed by atoms with Gasteiger partial charge in [0.2, 0.25) is 5.91 Å². The van der Waals surface area contributed by atoms with Crippen LogP contribution in [0.1, 0.15) is 24.6 Å². The molecule has 1 amide bonds. The van der Waals surface area contributed by atoms with Gasteiger partial charge in [-0.2, -0.15) is 5.10 Å². The smallest absolute Gasteiger partial charge is 0.225 e. The maximum absolute atomic E-state index is 11.3. The summed E-state index contributed by atoms with van der Waals surface area (Å²) in [7, 11) is 0. The van der Waals surface area contributed by atoms with Gasteiger partial charge in [0.05, 0.1) is 6.54 Å². The SMILES string of the molecule is CCC(=O)Nc1cc(C)n(Cc2ccccc2Cl)n1. The first kappa shape index (κ1) is 13.6. The lowest BCUT2D eigenvalue weighted by atomic mass is 10.2. The van der Waals surface area contributed by atoms with Gasteiger partial charge < -0.3 is 5.32 Å². The van der Waals surface area contributed by atoms with E-state index in [0.29, 0.717) is 18.8 Å². The van der Waals surface area contributed by atoms with Crippen LogP contribution >= 0.6 is 11.6 Å². The predicted octanol–water partition coefficient (Wildman–Crippen LogP) is 3.24. The number of aryl methyl sites for hydroxylation is 1. The normalized spacial score (nSPS) is 10.5. The third-order valence-electron chi connectivity index (χ3n) is 2.85. The largest absolute Gasteiger partial charge is 0.309 e. The molecule has 0 fully saturated rings. The number of nitrogens with zero attached hydrogens (tertiary/aromatic N) is 2. The Labute approximate surface area is 117 Å². The number of halogens is 1. The van der Waals surface area contributed by atoms with Gasteiger partial charge in [-0.15, -0.1) is 0 Å². The van der Waals surface area contributed by atoms with Crippen LogP contribution in [0.3, 0.4) is 0 Å². The molecule has 100 valence electrons. The molecular formula is C14H16ClN3O. The van der Waals surface area contributed by atoms with E-state index in [1.807, 2.05) is 48.9 Å². The zero-order chi connectivity index (χ0) is 13.8. The molecule has 0 aliphatic carbocycles. The molecule has 1 aromatic heterocycles. The van der Waals surface area contributed by atoms with Crippen LogP contribution in [0.4, 0.5) is 5.82 Å². The van der Waals surface area contributed by atoms with E-state index in [9.17, 15) is 4.79 Å². The predicted molar refractivity (Wildman–Crippen MR) is 76.4 cm³/mol. The summed E-state index contributed by atoms with van der Waals surface area (Å²) in [5, 5.41) is 7.83. The Morgan fingerprint density at radius 2 is 2.16 bits per heavy atom. The number of amides is 1. The van der Waals surface area contributed by atoms with Crippen molar-refractivity contribution in [1.29, 1.82) is 0 Å². The zero-order valence-corrected chi connectivity index (χ0v) is 11.7. The Morgan fingerprint density at radius 3 is 2.84 bits per heavy atom. The van der Waals surface area contributed by atoms with Gasteiger partial charge in [-0.25, -0.2) is 0 Å². The Balaban J connectivity index is 2.17. The number of benzene rings is 1. The van der Waals surface area contributed by atoms with E-state index in [1.165, 1.54) is 0 Å². The lowest BCUT2D eigenvalue weighted by Gasteiger charge is -2.06. The van der Waals surface area contributed by atoms with E-state index in [4.69, 9.17) is 11.6 Å². The van der Waals surface area contributed by atoms with Crippen molar-refractivity contribution in [3.05, 3.63) is 46.6 Å². The highest BCUT2D eigenvalue weighted by Crippen LogP contribution is 2.18. The number of carbonyl (C=O) groups is 1. The van der Waals surface area contributed by atoms with E-state index in [-0.39, 0.29) is 5.91 Å². The van der Waals surface area contributed by atoms with E-state index in [2.05, 4.69) is 10.4 Å². The van der Waals surface area contributed by atoms with Crippen LogP contribution in [-0.4, -0.2) is 15.7 Å². The number of hydrogen-bond acceptors (Lipinski definition) is 2. The molecule has 0 aliphatic rings. The number of anilines is 1. The van der Waals surface area contributed by atoms with Gasteiger partial charge in [0, 0.05) is 23.2 Å². The van der Waals surface area contributed by atoms with Crippen molar-refractivity contribution in [3.8, 4) is 0 Å². The third kappa shape index (κ3) is 3.35. The Morgan fingerprint density at radius 1 is 1.42 bits per heavy atom. The summed E-state index contributed by atoms with van der Waals surface area (Å²) < 4.78 is 1.83. The lowest BCUT2D eigenvalue weighted by Crippen LogP contribution is -2.11. The Bertz CT molecular complexity index is 592. The summed E-state index contributed by atoms with van der Waals surface area (Å²) in [6, 6.07) is 9.52. The van der Waals surface area contributed by atoms with Crippen molar-refractivity contribution in [2.75, 3.05) is 5.32 Å². The van der Waals surface area contributed by atoms with Gasteiger partial charge in [0.25, 0.3) is 0 Å². The fourth-order valence-corrected chi connectivity index (χ4v) is 1.95. The second-order valence-electron chi connectivity index (χ2n) is 4.32. The number of nitrogens with one attached hydrogen (secondary N) is 1. The molecule has 0 radical (unpaired) electrons. The van der Waals surface area contributed by atoms with Crippen molar-refractivity contribution in [3.63, 3.8) is 0 Å². The first-order chi connectivity index (χ1) is 9.10. The minimum absolute atomic E-state index is 0.0395. The van der Waals surface area contributed by atoms with Crippen LogP contribution in [0.2, 0.25) is 5.02 Å². The van der Waals surface area contributed by atoms with Crippen molar-refractivity contribution >= 4 is 23.3 Å². The molecule has 1 aromatic carbocycles. The summed E-state index contributed by atoms with van der Waals surface area (Å²) in [5.74, 6) is 0.541. The first-order valence-electron chi connectivity index (χ1n) is 6.18. The molecule has 1 N–H and O–H groups in total. The van der Waals surface area contributed by atoms with Gasteiger partial charge in [-0.05, 0) is 18.6 Å². The molecule has 5 heteroatoms. The maximum Gasteiger partial charge on any atom is 0.225 e. The minimum atomic E-state index is -0.0395. The highest BCUT2D eigenvalue weighted by atomic mass is 35.5. The second-order valence-corrected chi connectivity index (χ2v) is 4.73. The number of aromatic nitrogens is 2. The van der Waals surface area contributed by atoms with Crippen molar-refractivity contribution < 1.29 is 4.79 Å². The van der Waals surface area contributed by atoms with E-state index < -0.39 is 0 Å². The maximum atomic E-state index is 11.3. The molecule has 19 heavy (non-hydrogen) atoms. The summed E-state index contributed by atoms with van der Waals surface area (Å²) in [6.07, 6.45) is 0.441. The minimum Gasteiger partial charge on any atom is -0.309 e. The molecule has 4 nitrogen and oxygen atoms in total. The zero-order valence-electron chi connectivity index (χ0n) is 11.0. The molecule has 2 rings (SSSR count). The van der Waals surface area contributed by atoms with Gasteiger partial charge >= 0.3 is 0 Å². The molecule has 2 aromatic rings. The lowest BCUT2D eigenvalue weighted by molar-refractivity contribution is -0.115. The molecule has 0 aliphatic heterocycles. The van der Waals surface area contributed by atoms with E-state index >= 15 is 0 Å². The molecule has 0 saturated heterocycles. The highest BCUT2D eigenvalue weighted by molar-refractivity contribution is 6.31. The molecular weight excluding hydrogens is 262 g/mol. The topological polar surface area (TPSA) is 46.9 Å². The average molecular weight is 278 g/mol.